The van der Waals surface area contributed by atoms with Crippen molar-refractivity contribution in [3.8, 4) is 0 Å². The Hall–Kier alpha value is -0.640. The number of hydrogen-bond acceptors (Lipinski definition) is 2. The number of rotatable bonds is 2. The third-order valence-electron chi connectivity index (χ3n) is 1.77. The molecule has 0 heterocycles. The minimum absolute atomic E-state index is 0. The number of hydrogen-bond donors (Lipinski definition) is 2. The van der Waals surface area contributed by atoms with E-state index in [1.807, 2.05) is 0 Å². The van der Waals surface area contributed by atoms with Gasteiger partial charge in [-0.3, -0.25) is 0 Å². The van der Waals surface area contributed by atoms with Crippen LogP contribution < -0.4 is 5.73 Å². The lowest BCUT2D eigenvalue weighted by Crippen LogP contribution is -2.22. The second-order valence-electron chi connectivity index (χ2n) is 2.82. The molecule has 3 N–H and O–H groups in total. The molecular formula is C9H13ClFNO. The zero-order valence-corrected chi connectivity index (χ0v) is 8.09. The Morgan fingerprint density at radius 1 is 1.31 bits per heavy atom. The van der Waals surface area contributed by atoms with E-state index in [9.17, 15) is 4.39 Å². The first-order chi connectivity index (χ1) is 5.61. The van der Waals surface area contributed by atoms with Crippen molar-refractivity contribution < 1.29 is 9.50 Å². The first-order valence-electron chi connectivity index (χ1n) is 3.80. The molecule has 0 saturated carbocycles. The number of halogens is 2. The molecule has 0 aliphatic carbocycles. The lowest BCUT2D eigenvalue weighted by molar-refractivity contribution is 0.164. The molecule has 0 aliphatic rings. The number of aliphatic hydroxyl groups is 1. The molecule has 1 rings (SSSR count). The van der Waals surface area contributed by atoms with Gasteiger partial charge in [-0.15, -0.1) is 12.4 Å². The van der Waals surface area contributed by atoms with Gasteiger partial charge in [-0.25, -0.2) is 4.39 Å². The summed E-state index contributed by atoms with van der Waals surface area (Å²) in [4.78, 5) is 0. The summed E-state index contributed by atoms with van der Waals surface area (Å²) >= 11 is 0. The van der Waals surface area contributed by atoms with Crippen LogP contribution in [-0.2, 0) is 0 Å². The quantitative estimate of drug-likeness (QED) is 0.771. The molecule has 2 nitrogen and oxygen atoms in total. The van der Waals surface area contributed by atoms with Crippen LogP contribution in [0.4, 0.5) is 4.39 Å². The number of benzene rings is 1. The molecule has 2 atom stereocenters. The molecular weight excluding hydrogens is 193 g/mol. The average molecular weight is 206 g/mol. The van der Waals surface area contributed by atoms with Crippen molar-refractivity contribution in [3.05, 3.63) is 35.6 Å². The molecule has 0 saturated heterocycles. The van der Waals surface area contributed by atoms with Gasteiger partial charge >= 0.3 is 0 Å². The van der Waals surface area contributed by atoms with Crippen LogP contribution in [0.1, 0.15) is 18.5 Å². The lowest BCUT2D eigenvalue weighted by Gasteiger charge is -2.14. The highest BCUT2D eigenvalue weighted by Gasteiger charge is 2.10. The fourth-order valence-corrected chi connectivity index (χ4v) is 0.964. The van der Waals surface area contributed by atoms with Gasteiger partial charge in [0.1, 0.15) is 5.82 Å². The van der Waals surface area contributed by atoms with E-state index in [-0.39, 0.29) is 18.2 Å². The minimum atomic E-state index is -0.615. The maximum absolute atomic E-state index is 12.4. The van der Waals surface area contributed by atoms with Gasteiger partial charge in [0.2, 0.25) is 0 Å². The van der Waals surface area contributed by atoms with E-state index in [1.54, 1.807) is 19.1 Å². The summed E-state index contributed by atoms with van der Waals surface area (Å²) in [5.74, 6) is -0.295. The van der Waals surface area contributed by atoms with Gasteiger partial charge < -0.3 is 10.8 Å². The van der Waals surface area contributed by atoms with E-state index in [2.05, 4.69) is 0 Å². The summed E-state index contributed by atoms with van der Waals surface area (Å²) in [6.07, 6.45) is -0.615. The number of aliphatic hydroxyl groups excluding tert-OH is 1. The van der Waals surface area contributed by atoms with Gasteiger partial charge in [0.05, 0.1) is 12.1 Å². The summed E-state index contributed by atoms with van der Waals surface area (Å²) in [7, 11) is 0. The molecule has 0 unspecified atom stereocenters. The van der Waals surface area contributed by atoms with Crippen molar-refractivity contribution in [2.75, 3.05) is 0 Å². The molecule has 1 aromatic rings. The average Bonchev–Trinajstić information content (AvgIpc) is 2.04. The zero-order chi connectivity index (χ0) is 9.14. The summed E-state index contributed by atoms with van der Waals surface area (Å²) in [5, 5.41) is 9.12. The van der Waals surface area contributed by atoms with Gasteiger partial charge in [0, 0.05) is 0 Å². The van der Waals surface area contributed by atoms with Gasteiger partial charge in [-0.05, 0) is 24.6 Å². The predicted molar refractivity (Wildman–Crippen MR) is 52.3 cm³/mol. The smallest absolute Gasteiger partial charge is 0.123 e. The van der Waals surface area contributed by atoms with Gasteiger partial charge in [0.25, 0.3) is 0 Å². The van der Waals surface area contributed by atoms with Gasteiger partial charge in [0.15, 0.2) is 0 Å². The van der Waals surface area contributed by atoms with Crippen molar-refractivity contribution in [2.45, 2.75) is 19.1 Å². The molecule has 1 aromatic carbocycles. The van der Waals surface area contributed by atoms with E-state index in [1.165, 1.54) is 12.1 Å². The van der Waals surface area contributed by atoms with E-state index in [4.69, 9.17) is 10.8 Å². The molecule has 0 aliphatic heterocycles. The molecule has 0 bridgehead atoms. The van der Waals surface area contributed by atoms with Crippen molar-refractivity contribution in [1.82, 2.24) is 0 Å². The molecule has 13 heavy (non-hydrogen) atoms. The molecule has 0 radical (unpaired) electrons. The molecule has 74 valence electrons. The Morgan fingerprint density at radius 3 is 2.15 bits per heavy atom. The maximum Gasteiger partial charge on any atom is 0.123 e. The van der Waals surface area contributed by atoms with E-state index in [0.29, 0.717) is 0 Å². The van der Waals surface area contributed by atoms with Crippen molar-refractivity contribution >= 4 is 12.4 Å². The SMILES string of the molecule is C[C@@H](O)[C@@H](N)c1ccc(F)cc1.Cl. The number of nitrogens with two attached hydrogens (primary N) is 1. The monoisotopic (exact) mass is 205 g/mol. The van der Waals surface area contributed by atoms with Crippen LogP contribution in [0.15, 0.2) is 24.3 Å². The normalized spacial score (nSPS) is 14.5. The van der Waals surface area contributed by atoms with Gasteiger partial charge in [-0.2, -0.15) is 0 Å². The Labute approximate surface area is 83.0 Å². The minimum Gasteiger partial charge on any atom is -0.391 e. The maximum atomic E-state index is 12.4. The largest absolute Gasteiger partial charge is 0.391 e. The summed E-state index contributed by atoms with van der Waals surface area (Å²) in [5.41, 5.74) is 6.36. The van der Waals surface area contributed by atoms with Crippen LogP contribution in [0.3, 0.4) is 0 Å². The second kappa shape index (κ2) is 5.17. The van der Waals surface area contributed by atoms with Crippen molar-refractivity contribution in [3.63, 3.8) is 0 Å². The Kier molecular flexibility index (Phi) is 4.91. The van der Waals surface area contributed by atoms with E-state index >= 15 is 0 Å². The van der Waals surface area contributed by atoms with Crippen molar-refractivity contribution in [2.24, 2.45) is 5.73 Å². The molecule has 0 aromatic heterocycles. The van der Waals surface area contributed by atoms with Gasteiger partial charge in [-0.1, -0.05) is 12.1 Å². The standard InChI is InChI=1S/C9H12FNO.ClH/c1-6(12)9(11)7-2-4-8(10)5-3-7;/h2-6,9,12H,11H2,1H3;1H/t6-,9-;/m1./s1. The zero-order valence-electron chi connectivity index (χ0n) is 7.27. The van der Waals surface area contributed by atoms with E-state index in [0.717, 1.165) is 5.56 Å². The van der Waals surface area contributed by atoms with Crippen LogP contribution in [0.25, 0.3) is 0 Å². The first-order valence-corrected chi connectivity index (χ1v) is 3.80. The lowest BCUT2D eigenvalue weighted by atomic mass is 10.0. The van der Waals surface area contributed by atoms with Crippen LogP contribution in [0.5, 0.6) is 0 Å². The third kappa shape index (κ3) is 3.30. The molecule has 0 amide bonds. The fraction of sp³-hybridized carbons (Fsp3) is 0.333. The Balaban J connectivity index is 0.00000144. The van der Waals surface area contributed by atoms with E-state index < -0.39 is 12.1 Å². The van der Waals surface area contributed by atoms with Crippen LogP contribution in [-0.4, -0.2) is 11.2 Å². The third-order valence-corrected chi connectivity index (χ3v) is 1.77. The molecule has 4 heteroatoms. The van der Waals surface area contributed by atoms with Crippen molar-refractivity contribution in [1.29, 1.82) is 0 Å². The predicted octanol–water partition coefficient (Wildman–Crippen LogP) is 1.63. The highest BCUT2D eigenvalue weighted by atomic mass is 35.5. The summed E-state index contributed by atoms with van der Waals surface area (Å²) in [6.45, 7) is 1.61. The van der Waals surface area contributed by atoms with Crippen LogP contribution in [0, 0.1) is 5.82 Å². The second-order valence-corrected chi connectivity index (χ2v) is 2.82. The van der Waals surface area contributed by atoms with Crippen LogP contribution in [0.2, 0.25) is 0 Å². The highest BCUT2D eigenvalue weighted by Crippen LogP contribution is 2.13. The summed E-state index contributed by atoms with van der Waals surface area (Å²) in [6, 6.07) is 5.37. The Morgan fingerprint density at radius 2 is 1.77 bits per heavy atom. The highest BCUT2D eigenvalue weighted by molar-refractivity contribution is 5.85. The topological polar surface area (TPSA) is 46.2 Å². The first kappa shape index (κ1) is 12.4. The Bertz CT molecular complexity index is 250. The molecule has 0 fully saturated rings. The fourth-order valence-electron chi connectivity index (χ4n) is 0.964. The molecule has 0 spiro atoms. The summed E-state index contributed by atoms with van der Waals surface area (Å²) < 4.78 is 12.4. The van der Waals surface area contributed by atoms with Crippen LogP contribution >= 0.6 is 12.4 Å².